The summed E-state index contributed by atoms with van der Waals surface area (Å²) < 4.78 is 59.5. The van der Waals surface area contributed by atoms with Gasteiger partial charge in [-0.1, -0.05) is 42.5 Å². The average Bonchev–Trinajstić information content (AvgIpc) is 3.84. The fraction of sp³-hybridized carbons (Fsp3) is 0.433. The topological polar surface area (TPSA) is 356 Å². The summed E-state index contributed by atoms with van der Waals surface area (Å²) in [5.41, 5.74) is 18.1. The van der Waals surface area contributed by atoms with Gasteiger partial charge in [0.25, 0.3) is 0 Å². The van der Waals surface area contributed by atoms with Crippen LogP contribution in [0.1, 0.15) is 24.4 Å². The molecule has 308 valence electrons. The van der Waals surface area contributed by atoms with Gasteiger partial charge < -0.3 is 56.5 Å². The first kappa shape index (κ1) is 42.3. The van der Waals surface area contributed by atoms with E-state index in [1.54, 1.807) is 0 Å². The number of carbonyl (C=O) groups is 1. The normalized spacial score (nSPS) is 25.2. The Balaban J connectivity index is 1.15. The van der Waals surface area contributed by atoms with Crippen LogP contribution < -0.4 is 28.2 Å². The highest BCUT2D eigenvalue weighted by atomic mass is 32.1. The lowest BCUT2D eigenvalue weighted by molar-refractivity contribution is -0.155. The number of nitrogens with one attached hydrogen (secondary N) is 1. The van der Waals surface area contributed by atoms with Crippen LogP contribution in [-0.4, -0.2) is 116 Å². The molecule has 1 aromatic carbocycles. The summed E-state index contributed by atoms with van der Waals surface area (Å²) >= 11 is 5.36. The number of phosphoric acid groups is 2. The number of aliphatic hydroxyl groups excluding tert-OH is 1. The highest BCUT2D eigenvalue weighted by molar-refractivity contribution is 7.80. The highest BCUT2D eigenvalue weighted by Crippen LogP contribution is 2.50. The summed E-state index contributed by atoms with van der Waals surface area (Å²) in [6.45, 7) is -2.14. The fourth-order valence-electron chi connectivity index (χ4n) is 6.05. The number of fused-ring (bicyclic) bond motifs is 1. The van der Waals surface area contributed by atoms with Gasteiger partial charge in [-0.15, -0.1) is 0 Å². The van der Waals surface area contributed by atoms with Crippen molar-refractivity contribution in [2.45, 2.75) is 61.9 Å². The van der Waals surface area contributed by atoms with Gasteiger partial charge in [-0.2, -0.15) is 4.98 Å². The Kier molecular flexibility index (Phi) is 13.1. The van der Waals surface area contributed by atoms with Crippen molar-refractivity contribution in [3.8, 4) is 0 Å². The molecule has 6 rings (SSSR count). The number of phosphoric ester groups is 2. The lowest BCUT2D eigenvalue weighted by Gasteiger charge is -2.24. The number of imidazole rings is 1. The van der Waals surface area contributed by atoms with E-state index in [1.165, 1.54) is 23.2 Å². The fourth-order valence-corrected chi connectivity index (χ4v) is 7.50. The monoisotopic (exact) mass is 856 g/mol. The SMILES string of the molecule is Nc1ccn([C@H]2CC(OP(=O)(O)OC[C@H]3O[C@@H](n4cnc5c(N)ncnc54)C(O)C3OC(=O)CNC(=S)[C@@H](N)Cc3ccccc3)[C@@H](COP(=O)(O)O)O2)c(=O)n1. The molecule has 4 aromatic rings. The minimum atomic E-state index is -5.16. The van der Waals surface area contributed by atoms with Gasteiger partial charge in [-0.3, -0.25) is 27.5 Å². The van der Waals surface area contributed by atoms with Crippen molar-refractivity contribution in [2.24, 2.45) is 5.73 Å². The minimum Gasteiger partial charge on any atom is -0.455 e. The van der Waals surface area contributed by atoms with Crippen molar-refractivity contribution >= 4 is 61.6 Å². The molecular weight excluding hydrogens is 818 g/mol. The lowest BCUT2D eigenvalue weighted by Crippen LogP contribution is -2.45. The van der Waals surface area contributed by atoms with E-state index in [-0.39, 0.29) is 34.2 Å². The second kappa shape index (κ2) is 17.7. The van der Waals surface area contributed by atoms with E-state index >= 15 is 0 Å². The molecule has 9 atom stereocenters. The van der Waals surface area contributed by atoms with Gasteiger partial charge in [0.15, 0.2) is 23.8 Å². The predicted molar refractivity (Wildman–Crippen MR) is 198 cm³/mol. The maximum absolute atomic E-state index is 13.4. The summed E-state index contributed by atoms with van der Waals surface area (Å²) in [5, 5.41) is 14.2. The third-order valence-electron chi connectivity index (χ3n) is 8.70. The quantitative estimate of drug-likeness (QED) is 0.0373. The van der Waals surface area contributed by atoms with Crippen LogP contribution in [0.25, 0.3) is 11.2 Å². The van der Waals surface area contributed by atoms with E-state index < -0.39 is 96.1 Å². The lowest BCUT2D eigenvalue weighted by atomic mass is 10.1. The summed E-state index contributed by atoms with van der Waals surface area (Å²) in [7, 11) is -10.2. The minimum absolute atomic E-state index is 0.0279. The van der Waals surface area contributed by atoms with Crippen molar-refractivity contribution in [3.05, 3.63) is 71.3 Å². The van der Waals surface area contributed by atoms with Gasteiger partial charge in [0, 0.05) is 12.6 Å². The zero-order chi connectivity index (χ0) is 41.1. The number of nitrogen functional groups attached to an aromatic ring is 2. The maximum Gasteiger partial charge on any atom is 0.472 e. The number of ether oxygens (including phenoxy) is 3. The van der Waals surface area contributed by atoms with Crippen LogP contribution in [0.5, 0.6) is 0 Å². The average molecular weight is 857 g/mol. The van der Waals surface area contributed by atoms with Crippen molar-refractivity contribution in [1.82, 2.24) is 34.4 Å². The van der Waals surface area contributed by atoms with Gasteiger partial charge in [0.2, 0.25) is 0 Å². The molecule has 0 aliphatic carbocycles. The third kappa shape index (κ3) is 10.6. The molecule has 27 heteroatoms. The number of nitrogens with zero attached hydrogens (tertiary/aromatic N) is 6. The Morgan fingerprint density at radius 1 is 1.04 bits per heavy atom. The molecule has 0 saturated carbocycles. The van der Waals surface area contributed by atoms with Crippen LogP contribution >= 0.6 is 27.9 Å². The Hall–Kier alpha value is -4.33. The van der Waals surface area contributed by atoms with Gasteiger partial charge in [-0.25, -0.2) is 28.9 Å². The molecule has 57 heavy (non-hydrogen) atoms. The number of esters is 1. The van der Waals surface area contributed by atoms with Gasteiger partial charge >= 0.3 is 27.3 Å². The number of nitrogens with two attached hydrogens (primary N) is 3. The van der Waals surface area contributed by atoms with Gasteiger partial charge in [-0.05, 0) is 18.1 Å². The number of carbonyl (C=O) groups excluding carboxylic acids is 1. The molecule has 0 amide bonds. The number of aromatic nitrogens is 6. The molecule has 2 saturated heterocycles. The summed E-state index contributed by atoms with van der Waals surface area (Å²) in [6, 6.07) is 9.93. The Bertz CT molecular complexity index is 2230. The molecule has 5 heterocycles. The number of anilines is 2. The number of aliphatic hydroxyl groups is 1. The number of hydrogen-bond donors (Lipinski definition) is 8. The van der Waals surface area contributed by atoms with E-state index in [1.807, 2.05) is 30.3 Å². The Labute approximate surface area is 327 Å². The van der Waals surface area contributed by atoms with E-state index in [0.29, 0.717) is 6.42 Å². The number of rotatable bonds is 16. The van der Waals surface area contributed by atoms with Gasteiger partial charge in [0.1, 0.15) is 54.9 Å². The zero-order valence-corrected chi connectivity index (χ0v) is 32.0. The third-order valence-corrected chi connectivity index (χ3v) is 10.6. The molecule has 2 aliphatic rings. The summed E-state index contributed by atoms with van der Waals surface area (Å²) in [5.74, 6) is -0.980. The summed E-state index contributed by atoms with van der Waals surface area (Å²) in [6.07, 6.45) is -6.35. The second-order valence-electron chi connectivity index (χ2n) is 12.7. The number of benzene rings is 1. The second-order valence-corrected chi connectivity index (χ2v) is 15.8. The molecule has 2 fully saturated rings. The van der Waals surface area contributed by atoms with E-state index in [2.05, 4.69) is 29.8 Å². The molecule has 11 N–H and O–H groups in total. The first-order valence-electron chi connectivity index (χ1n) is 16.9. The molecule has 2 aliphatic heterocycles. The largest absolute Gasteiger partial charge is 0.472 e. The first-order valence-corrected chi connectivity index (χ1v) is 20.3. The molecule has 0 radical (unpaired) electrons. The van der Waals surface area contributed by atoms with E-state index in [4.69, 9.17) is 52.7 Å². The zero-order valence-electron chi connectivity index (χ0n) is 29.4. The first-order chi connectivity index (χ1) is 27.0. The van der Waals surface area contributed by atoms with Crippen LogP contribution in [-0.2, 0) is 48.1 Å². The summed E-state index contributed by atoms with van der Waals surface area (Å²) in [4.78, 5) is 70.9. The van der Waals surface area contributed by atoms with Crippen molar-refractivity contribution in [2.75, 3.05) is 31.2 Å². The smallest absolute Gasteiger partial charge is 0.455 e. The molecular formula is C30H38N10O14P2S. The van der Waals surface area contributed by atoms with Gasteiger partial charge in [0.05, 0.1) is 30.6 Å². The predicted octanol–water partition coefficient (Wildman–Crippen LogP) is -1.20. The molecule has 4 unspecified atom stereocenters. The Morgan fingerprint density at radius 2 is 1.77 bits per heavy atom. The van der Waals surface area contributed by atoms with Crippen LogP contribution in [0, 0.1) is 0 Å². The number of thiocarbonyl (C=S) groups is 1. The number of hydrogen-bond acceptors (Lipinski definition) is 19. The standard InChI is InChI=1S/C30H38N10O14P2S/c31-16(8-15-4-2-1-3-5-15)28(57)34-10-22(41)53-25-19(52-29(24(25)42)40-14-37-23-26(33)35-13-36-27(23)40)12-50-56(47,48)54-17-9-21(39-7-6-20(32)38-30(39)43)51-18(17)11-49-55(44,45)46/h1-7,13-14,16-19,21,24-25,29,42H,8-12,31H2,(H,34,57)(H,47,48)(H2,32,38,43)(H2,33,35,36)(H2,44,45,46)/t16-,17?,18+,19+,21+,24?,25?,29+/m0/s1. The van der Waals surface area contributed by atoms with Crippen LogP contribution in [0.4, 0.5) is 11.6 Å². The van der Waals surface area contributed by atoms with Crippen LogP contribution in [0.2, 0.25) is 0 Å². The van der Waals surface area contributed by atoms with E-state index in [9.17, 15) is 38.5 Å². The molecule has 24 nitrogen and oxygen atoms in total. The molecule has 3 aromatic heterocycles. The maximum atomic E-state index is 13.4. The highest BCUT2D eigenvalue weighted by Gasteiger charge is 2.49. The molecule has 0 spiro atoms. The van der Waals surface area contributed by atoms with E-state index in [0.717, 1.165) is 16.5 Å². The van der Waals surface area contributed by atoms with Crippen LogP contribution in [0.3, 0.4) is 0 Å². The van der Waals surface area contributed by atoms with Crippen LogP contribution in [0.15, 0.2) is 60.0 Å². The molecule has 0 bridgehead atoms. The van der Waals surface area contributed by atoms with Crippen molar-refractivity contribution in [1.29, 1.82) is 0 Å². The Morgan fingerprint density at radius 3 is 2.49 bits per heavy atom. The van der Waals surface area contributed by atoms with Crippen molar-refractivity contribution < 1.29 is 61.5 Å². The van der Waals surface area contributed by atoms with Crippen molar-refractivity contribution in [3.63, 3.8) is 0 Å².